The number of rotatable bonds is 4. The van der Waals surface area contributed by atoms with Gasteiger partial charge in [-0.05, 0) is 37.6 Å². The van der Waals surface area contributed by atoms with Crippen molar-refractivity contribution in [3.63, 3.8) is 0 Å². The van der Waals surface area contributed by atoms with E-state index in [2.05, 4.69) is 0 Å². The van der Waals surface area contributed by atoms with E-state index in [1.54, 1.807) is 45.2 Å². The molecule has 0 saturated carbocycles. The summed E-state index contributed by atoms with van der Waals surface area (Å²) in [7, 11) is 2.88. The van der Waals surface area contributed by atoms with Crippen molar-refractivity contribution < 1.29 is 18.6 Å². The molecule has 152 valence electrons. The lowest BCUT2D eigenvalue weighted by molar-refractivity contribution is 0.0741. The molecule has 2 heterocycles. The molecule has 7 nitrogen and oxygen atoms in total. The lowest BCUT2D eigenvalue weighted by Gasteiger charge is -2.34. The van der Waals surface area contributed by atoms with E-state index in [1.165, 1.54) is 11.7 Å². The minimum absolute atomic E-state index is 0.0574. The third kappa shape index (κ3) is 3.04. The number of nitrogens with zero attached hydrogens (tertiary/aromatic N) is 2. The van der Waals surface area contributed by atoms with E-state index in [4.69, 9.17) is 14.2 Å². The van der Waals surface area contributed by atoms with Gasteiger partial charge in [0, 0.05) is 0 Å². The average Bonchev–Trinajstić information content (AvgIpc) is 2.68. The second-order valence-electron chi connectivity index (χ2n) is 7.59. The molecule has 2 aromatic carbocycles. The van der Waals surface area contributed by atoms with Gasteiger partial charge in [-0.1, -0.05) is 12.1 Å². The highest BCUT2D eigenvalue weighted by molar-refractivity contribution is 5.88. The van der Waals surface area contributed by atoms with Crippen molar-refractivity contribution in [1.82, 2.24) is 9.13 Å². The van der Waals surface area contributed by atoms with Gasteiger partial charge in [0.2, 0.25) is 0 Å². The zero-order valence-corrected chi connectivity index (χ0v) is 16.6. The highest BCUT2D eigenvalue weighted by atomic mass is 19.1. The zero-order valence-electron chi connectivity index (χ0n) is 16.6. The third-order valence-corrected chi connectivity index (χ3v) is 4.99. The molecule has 0 spiro atoms. The van der Waals surface area contributed by atoms with Gasteiger partial charge in [0.15, 0.2) is 17.3 Å². The number of hydrogen-bond donors (Lipinski definition) is 0. The van der Waals surface area contributed by atoms with Gasteiger partial charge < -0.3 is 14.2 Å². The summed E-state index contributed by atoms with van der Waals surface area (Å²) in [6.07, 6.45) is 0. The van der Waals surface area contributed by atoms with Crippen LogP contribution in [0.3, 0.4) is 0 Å². The molecule has 1 aliphatic rings. The summed E-state index contributed by atoms with van der Waals surface area (Å²) in [5, 5.41) is 0.0712. The molecule has 1 aromatic heterocycles. The molecule has 0 unspecified atom stereocenters. The van der Waals surface area contributed by atoms with Crippen LogP contribution in [0.2, 0.25) is 0 Å². The Kier molecular flexibility index (Phi) is 4.37. The maximum atomic E-state index is 14.6. The van der Waals surface area contributed by atoms with Crippen LogP contribution in [0, 0.1) is 5.82 Å². The van der Waals surface area contributed by atoms with E-state index < -0.39 is 22.7 Å². The Morgan fingerprint density at radius 3 is 2.45 bits per heavy atom. The van der Waals surface area contributed by atoms with E-state index >= 15 is 0 Å². The van der Waals surface area contributed by atoms with Crippen LogP contribution in [-0.4, -0.2) is 29.0 Å². The first-order valence-electron chi connectivity index (χ1n) is 9.11. The molecule has 3 aromatic rings. The van der Waals surface area contributed by atoms with Crippen LogP contribution in [0.5, 0.6) is 17.2 Å². The number of halogens is 1. The van der Waals surface area contributed by atoms with Crippen LogP contribution in [0.1, 0.15) is 19.4 Å². The molecule has 1 aliphatic heterocycles. The molecule has 0 bridgehead atoms. The van der Waals surface area contributed by atoms with E-state index in [9.17, 15) is 14.0 Å². The van der Waals surface area contributed by atoms with Crippen LogP contribution in [-0.2, 0) is 13.1 Å². The number of ether oxygens (including phenoxy) is 3. The van der Waals surface area contributed by atoms with Crippen LogP contribution in [0.4, 0.5) is 4.39 Å². The van der Waals surface area contributed by atoms with E-state index in [-0.39, 0.29) is 35.5 Å². The fourth-order valence-corrected chi connectivity index (χ4v) is 3.68. The molecule has 8 heteroatoms. The lowest BCUT2D eigenvalue weighted by Crippen LogP contribution is -2.47. The summed E-state index contributed by atoms with van der Waals surface area (Å²) in [4.78, 5) is 26.3. The smallest absolute Gasteiger partial charge is 0.332 e. The van der Waals surface area contributed by atoms with Crippen molar-refractivity contribution in [3.05, 3.63) is 62.6 Å². The van der Waals surface area contributed by atoms with Crippen LogP contribution < -0.4 is 25.5 Å². The molecule has 4 rings (SSSR count). The summed E-state index contributed by atoms with van der Waals surface area (Å²) in [6.45, 7) is 3.85. The minimum atomic E-state index is -0.785. The predicted molar refractivity (Wildman–Crippen MR) is 106 cm³/mol. The van der Waals surface area contributed by atoms with Crippen molar-refractivity contribution in [2.24, 2.45) is 0 Å². The lowest BCUT2D eigenvalue weighted by atomic mass is 10.1. The monoisotopic (exact) mass is 400 g/mol. The van der Waals surface area contributed by atoms with Gasteiger partial charge in [0.25, 0.3) is 5.56 Å². The van der Waals surface area contributed by atoms with Crippen molar-refractivity contribution in [2.75, 3.05) is 14.2 Å². The Morgan fingerprint density at radius 1 is 1.14 bits per heavy atom. The summed E-state index contributed by atoms with van der Waals surface area (Å²) in [6, 6.07) is 8.16. The fraction of sp³-hybridized carbons (Fsp3) is 0.333. The summed E-state index contributed by atoms with van der Waals surface area (Å²) < 4.78 is 33.4. The Balaban J connectivity index is 1.99. The van der Waals surface area contributed by atoms with Gasteiger partial charge in [0.1, 0.15) is 16.9 Å². The van der Waals surface area contributed by atoms with Gasteiger partial charge in [-0.2, -0.15) is 0 Å². The van der Waals surface area contributed by atoms with Gasteiger partial charge in [-0.3, -0.25) is 13.9 Å². The molecule has 0 saturated heterocycles. The molecule has 0 aliphatic carbocycles. The second-order valence-corrected chi connectivity index (χ2v) is 7.59. The Morgan fingerprint density at radius 2 is 1.83 bits per heavy atom. The summed E-state index contributed by atoms with van der Waals surface area (Å²) >= 11 is 0. The van der Waals surface area contributed by atoms with Crippen molar-refractivity contribution in [1.29, 1.82) is 0 Å². The van der Waals surface area contributed by atoms with Gasteiger partial charge in [-0.25, -0.2) is 9.18 Å². The Labute approximate surface area is 165 Å². The predicted octanol–water partition coefficient (Wildman–Crippen LogP) is 2.54. The first-order valence-corrected chi connectivity index (χ1v) is 9.11. The van der Waals surface area contributed by atoms with Gasteiger partial charge in [0.05, 0.1) is 32.7 Å². The second kappa shape index (κ2) is 6.65. The standard InChI is InChI=1S/C21H21FN2O5/c1-21(2)11-24-16-14(9-15(22)17(28-4)18(16)29-21)19(25)23(20(24)26)10-12-5-7-13(27-3)8-6-12/h5-9H,10-11H2,1-4H3. The Bertz CT molecular complexity index is 1230. The quantitative estimate of drug-likeness (QED) is 0.673. The molecule has 29 heavy (non-hydrogen) atoms. The minimum Gasteiger partial charge on any atom is -0.497 e. The fourth-order valence-electron chi connectivity index (χ4n) is 3.68. The number of aromatic nitrogens is 2. The maximum absolute atomic E-state index is 14.6. The number of hydrogen-bond acceptors (Lipinski definition) is 5. The Hall–Kier alpha value is -3.29. The van der Waals surface area contributed by atoms with Crippen LogP contribution in [0.25, 0.3) is 10.9 Å². The molecule has 0 N–H and O–H groups in total. The van der Waals surface area contributed by atoms with Gasteiger partial charge >= 0.3 is 5.69 Å². The van der Waals surface area contributed by atoms with E-state index in [0.717, 1.165) is 16.2 Å². The summed E-state index contributed by atoms with van der Waals surface area (Å²) in [5.74, 6) is -0.0922. The van der Waals surface area contributed by atoms with Crippen molar-refractivity contribution >= 4 is 10.9 Å². The molecular weight excluding hydrogens is 379 g/mol. The molecular formula is C21H21FN2O5. The molecule has 0 fully saturated rings. The number of methoxy groups -OCH3 is 2. The van der Waals surface area contributed by atoms with Crippen molar-refractivity contribution in [2.45, 2.75) is 32.5 Å². The number of benzene rings is 2. The molecule has 0 radical (unpaired) electrons. The largest absolute Gasteiger partial charge is 0.497 e. The topological polar surface area (TPSA) is 71.7 Å². The normalized spacial score (nSPS) is 14.5. The highest BCUT2D eigenvalue weighted by Gasteiger charge is 2.34. The summed E-state index contributed by atoms with van der Waals surface area (Å²) in [5.41, 5.74) is -0.846. The SMILES string of the molecule is COc1ccc(Cn2c(=O)c3cc(F)c(OC)c4c3n(c2=O)CC(C)(C)O4)cc1. The van der Waals surface area contributed by atoms with Crippen LogP contribution >= 0.6 is 0 Å². The zero-order chi connectivity index (χ0) is 20.9. The van der Waals surface area contributed by atoms with E-state index in [0.29, 0.717) is 5.75 Å². The van der Waals surface area contributed by atoms with Crippen LogP contribution in [0.15, 0.2) is 39.9 Å². The molecule has 0 amide bonds. The van der Waals surface area contributed by atoms with E-state index in [1.807, 2.05) is 0 Å². The van der Waals surface area contributed by atoms with Crippen molar-refractivity contribution in [3.8, 4) is 17.2 Å². The highest BCUT2D eigenvalue weighted by Crippen LogP contribution is 2.41. The maximum Gasteiger partial charge on any atom is 0.332 e. The first-order chi connectivity index (χ1) is 13.8. The molecule has 0 atom stereocenters. The third-order valence-electron chi connectivity index (χ3n) is 4.99. The van der Waals surface area contributed by atoms with Gasteiger partial charge in [-0.15, -0.1) is 0 Å². The average molecular weight is 400 g/mol. The first kappa shape index (κ1) is 19.0.